The minimum absolute atomic E-state index is 0.0837. The minimum Gasteiger partial charge on any atom is -0.335 e. The van der Waals surface area contributed by atoms with Gasteiger partial charge in [-0.15, -0.1) is 5.92 Å². The first-order chi connectivity index (χ1) is 6.83. The molecule has 78 valence electrons. The number of rotatable bonds is 2. The fourth-order valence-electron chi connectivity index (χ4n) is 1.70. The van der Waals surface area contributed by atoms with Crippen molar-refractivity contribution in [1.82, 2.24) is 10.6 Å². The van der Waals surface area contributed by atoms with Crippen molar-refractivity contribution >= 4 is 6.03 Å². The molecule has 0 saturated heterocycles. The highest BCUT2D eigenvalue weighted by Gasteiger charge is 2.14. The molecule has 0 atom stereocenters. The number of nitrogens with one attached hydrogen (secondary N) is 2. The maximum absolute atomic E-state index is 11.3. The van der Waals surface area contributed by atoms with E-state index in [-0.39, 0.29) is 6.03 Å². The molecule has 0 spiro atoms. The lowest BCUT2D eigenvalue weighted by molar-refractivity contribution is 0.234. The molecule has 1 saturated carbocycles. The summed E-state index contributed by atoms with van der Waals surface area (Å²) >= 11 is 0. The minimum atomic E-state index is -0.0837. The van der Waals surface area contributed by atoms with Crippen molar-refractivity contribution in [3.8, 4) is 11.8 Å². The molecule has 1 fully saturated rings. The highest BCUT2D eigenvalue weighted by Crippen LogP contribution is 2.16. The van der Waals surface area contributed by atoms with Gasteiger partial charge in [0.25, 0.3) is 0 Å². The van der Waals surface area contributed by atoms with Gasteiger partial charge in [0.15, 0.2) is 0 Å². The molecule has 0 aromatic rings. The third-order valence-corrected chi connectivity index (χ3v) is 2.45. The predicted molar refractivity (Wildman–Crippen MR) is 56.9 cm³/mol. The molecule has 0 aliphatic heterocycles. The Labute approximate surface area is 85.6 Å². The third kappa shape index (κ3) is 4.18. The molecule has 0 heterocycles. The van der Waals surface area contributed by atoms with Gasteiger partial charge in [0.2, 0.25) is 0 Å². The van der Waals surface area contributed by atoms with Crippen LogP contribution in [0.25, 0.3) is 0 Å². The number of hydrogen-bond donors (Lipinski definition) is 2. The Morgan fingerprint density at radius 3 is 2.71 bits per heavy atom. The van der Waals surface area contributed by atoms with Crippen LogP contribution in [-0.2, 0) is 0 Å². The summed E-state index contributed by atoms with van der Waals surface area (Å²) in [5, 5.41) is 5.67. The second-order valence-corrected chi connectivity index (χ2v) is 3.59. The van der Waals surface area contributed by atoms with Gasteiger partial charge in [-0.05, 0) is 19.8 Å². The molecule has 0 bridgehead atoms. The van der Waals surface area contributed by atoms with Gasteiger partial charge in [0.1, 0.15) is 0 Å². The van der Waals surface area contributed by atoms with Crippen LogP contribution in [0.3, 0.4) is 0 Å². The number of amides is 2. The van der Waals surface area contributed by atoms with Gasteiger partial charge < -0.3 is 10.6 Å². The maximum Gasteiger partial charge on any atom is 0.315 e. The van der Waals surface area contributed by atoms with Crippen molar-refractivity contribution in [1.29, 1.82) is 0 Å². The van der Waals surface area contributed by atoms with Crippen molar-refractivity contribution in [2.45, 2.75) is 45.1 Å². The van der Waals surface area contributed by atoms with E-state index in [4.69, 9.17) is 0 Å². The Morgan fingerprint density at radius 1 is 1.36 bits per heavy atom. The average Bonchev–Trinajstić information content (AvgIpc) is 2.20. The highest BCUT2D eigenvalue weighted by atomic mass is 16.2. The fraction of sp³-hybridized carbons (Fsp3) is 0.727. The van der Waals surface area contributed by atoms with Crippen LogP contribution in [0.1, 0.15) is 39.0 Å². The fourth-order valence-corrected chi connectivity index (χ4v) is 1.70. The Balaban J connectivity index is 2.14. The van der Waals surface area contributed by atoms with Crippen LogP contribution in [0.15, 0.2) is 0 Å². The smallest absolute Gasteiger partial charge is 0.315 e. The molecule has 2 amide bonds. The van der Waals surface area contributed by atoms with Gasteiger partial charge in [0, 0.05) is 6.04 Å². The molecule has 1 aliphatic carbocycles. The second-order valence-electron chi connectivity index (χ2n) is 3.59. The molecule has 3 heteroatoms. The summed E-state index contributed by atoms with van der Waals surface area (Å²) in [5.41, 5.74) is 0. The van der Waals surface area contributed by atoms with Gasteiger partial charge >= 0.3 is 6.03 Å². The van der Waals surface area contributed by atoms with Gasteiger partial charge in [-0.25, -0.2) is 4.79 Å². The Morgan fingerprint density at radius 2 is 2.07 bits per heavy atom. The van der Waals surface area contributed by atoms with Crippen LogP contribution in [0, 0.1) is 11.8 Å². The quantitative estimate of drug-likeness (QED) is 0.645. The summed E-state index contributed by atoms with van der Waals surface area (Å²) < 4.78 is 0. The van der Waals surface area contributed by atoms with E-state index in [2.05, 4.69) is 22.5 Å². The lowest BCUT2D eigenvalue weighted by atomic mass is 9.96. The maximum atomic E-state index is 11.3. The molecule has 0 aromatic carbocycles. The van der Waals surface area contributed by atoms with Crippen molar-refractivity contribution in [3.63, 3.8) is 0 Å². The normalized spacial score (nSPS) is 16.6. The largest absolute Gasteiger partial charge is 0.335 e. The van der Waals surface area contributed by atoms with Gasteiger partial charge in [0.05, 0.1) is 6.54 Å². The van der Waals surface area contributed by atoms with Crippen LogP contribution < -0.4 is 10.6 Å². The molecule has 1 aliphatic rings. The van der Waals surface area contributed by atoms with Crippen LogP contribution >= 0.6 is 0 Å². The van der Waals surface area contributed by atoms with E-state index in [1.165, 1.54) is 19.3 Å². The van der Waals surface area contributed by atoms with Crippen LogP contribution in [-0.4, -0.2) is 18.6 Å². The first kappa shape index (κ1) is 10.9. The molecular weight excluding hydrogens is 176 g/mol. The van der Waals surface area contributed by atoms with E-state index in [9.17, 15) is 4.79 Å². The van der Waals surface area contributed by atoms with Crippen LogP contribution in [0.2, 0.25) is 0 Å². The average molecular weight is 194 g/mol. The highest BCUT2D eigenvalue weighted by molar-refractivity contribution is 5.74. The Kier molecular flexibility index (Phi) is 4.92. The van der Waals surface area contributed by atoms with E-state index in [0.29, 0.717) is 12.6 Å². The van der Waals surface area contributed by atoms with Crippen molar-refractivity contribution < 1.29 is 4.79 Å². The lowest BCUT2D eigenvalue weighted by Crippen LogP contribution is -2.42. The van der Waals surface area contributed by atoms with E-state index >= 15 is 0 Å². The van der Waals surface area contributed by atoms with E-state index in [1.807, 2.05) is 0 Å². The molecule has 14 heavy (non-hydrogen) atoms. The second kappa shape index (κ2) is 6.31. The molecule has 0 radical (unpaired) electrons. The summed E-state index contributed by atoms with van der Waals surface area (Å²) in [7, 11) is 0. The first-order valence-electron chi connectivity index (χ1n) is 5.27. The molecule has 2 N–H and O–H groups in total. The van der Waals surface area contributed by atoms with E-state index in [0.717, 1.165) is 12.8 Å². The predicted octanol–water partition coefficient (Wildman–Crippen LogP) is 1.64. The van der Waals surface area contributed by atoms with Crippen LogP contribution in [0.4, 0.5) is 4.79 Å². The Hall–Kier alpha value is -1.17. The van der Waals surface area contributed by atoms with E-state index in [1.54, 1.807) is 6.92 Å². The third-order valence-electron chi connectivity index (χ3n) is 2.45. The molecule has 1 rings (SSSR count). The summed E-state index contributed by atoms with van der Waals surface area (Å²) in [6.45, 7) is 2.20. The van der Waals surface area contributed by atoms with E-state index < -0.39 is 0 Å². The standard InChI is InChI=1S/C11H18N2O/c1-2-3-9-12-11(14)13-10-7-5-4-6-8-10/h10H,4-9H2,1H3,(H2,12,13,14). The summed E-state index contributed by atoms with van der Waals surface area (Å²) in [6, 6.07) is 0.290. The molecule has 0 aromatic heterocycles. The lowest BCUT2D eigenvalue weighted by Gasteiger charge is -2.22. The molecule has 0 unspecified atom stereocenters. The number of carbonyl (C=O) groups excluding carboxylic acids is 1. The number of carbonyl (C=O) groups is 1. The number of hydrogen-bond acceptors (Lipinski definition) is 1. The van der Waals surface area contributed by atoms with Gasteiger partial charge in [-0.2, -0.15) is 0 Å². The van der Waals surface area contributed by atoms with Gasteiger partial charge in [-0.1, -0.05) is 25.2 Å². The number of urea groups is 1. The zero-order chi connectivity index (χ0) is 10.2. The van der Waals surface area contributed by atoms with Crippen molar-refractivity contribution in [2.75, 3.05) is 6.54 Å². The molecule has 3 nitrogen and oxygen atoms in total. The van der Waals surface area contributed by atoms with Crippen molar-refractivity contribution in [3.05, 3.63) is 0 Å². The van der Waals surface area contributed by atoms with Gasteiger partial charge in [-0.3, -0.25) is 0 Å². The summed E-state index contributed by atoms with van der Waals surface area (Å²) in [5.74, 6) is 5.53. The summed E-state index contributed by atoms with van der Waals surface area (Å²) in [6.07, 6.45) is 6.01. The zero-order valence-electron chi connectivity index (χ0n) is 8.73. The first-order valence-corrected chi connectivity index (χ1v) is 5.27. The topological polar surface area (TPSA) is 41.1 Å². The summed E-state index contributed by atoms with van der Waals surface area (Å²) in [4.78, 5) is 11.3. The molecular formula is C11H18N2O. The van der Waals surface area contributed by atoms with Crippen LogP contribution in [0.5, 0.6) is 0 Å². The zero-order valence-corrected chi connectivity index (χ0v) is 8.73. The SMILES string of the molecule is CC#CCNC(=O)NC1CCCCC1. The van der Waals surface area contributed by atoms with Crippen molar-refractivity contribution in [2.24, 2.45) is 0 Å². The monoisotopic (exact) mass is 194 g/mol. The Bertz CT molecular complexity index is 233.